The van der Waals surface area contributed by atoms with Crippen LogP contribution in [0.1, 0.15) is 42.1 Å². The van der Waals surface area contributed by atoms with Crippen molar-refractivity contribution in [2.24, 2.45) is 0 Å². The van der Waals surface area contributed by atoms with Gasteiger partial charge in [0.25, 0.3) is 5.91 Å². The molecule has 0 saturated carbocycles. The molecule has 154 valence electrons. The number of hydrogen-bond acceptors (Lipinski definition) is 4. The minimum Gasteiger partial charge on any atom is -0.340 e. The Balaban J connectivity index is 1.67. The van der Waals surface area contributed by atoms with E-state index in [9.17, 15) is 9.59 Å². The highest BCUT2D eigenvalue weighted by molar-refractivity contribution is 5.94. The van der Waals surface area contributed by atoms with Gasteiger partial charge in [-0.1, -0.05) is 24.6 Å². The number of nitrogens with zero attached hydrogens (tertiary/aromatic N) is 3. The summed E-state index contributed by atoms with van der Waals surface area (Å²) in [5.74, 6) is 0.193. The second-order valence-electron chi connectivity index (χ2n) is 7.92. The fourth-order valence-corrected chi connectivity index (χ4v) is 4.23. The number of carbonyl (C=O) groups excluding carboxylic acids is 2. The smallest absolute Gasteiger partial charge is 0.253 e. The maximum Gasteiger partial charge on any atom is 0.253 e. The summed E-state index contributed by atoms with van der Waals surface area (Å²) in [4.78, 5) is 32.1. The van der Waals surface area contributed by atoms with Gasteiger partial charge in [-0.05, 0) is 45.0 Å². The van der Waals surface area contributed by atoms with Crippen LogP contribution in [0.3, 0.4) is 0 Å². The van der Waals surface area contributed by atoms with Gasteiger partial charge < -0.3 is 15.1 Å². The lowest BCUT2D eigenvalue weighted by molar-refractivity contribution is -0.132. The van der Waals surface area contributed by atoms with Crippen molar-refractivity contribution in [3.63, 3.8) is 0 Å². The number of benzene rings is 1. The van der Waals surface area contributed by atoms with E-state index in [0.29, 0.717) is 31.1 Å². The van der Waals surface area contributed by atoms with Crippen molar-refractivity contribution in [3.05, 3.63) is 35.4 Å². The Morgan fingerprint density at radius 1 is 1.14 bits per heavy atom. The van der Waals surface area contributed by atoms with Crippen molar-refractivity contribution in [3.8, 4) is 0 Å². The Hall–Kier alpha value is -1.92. The summed E-state index contributed by atoms with van der Waals surface area (Å²) in [6.07, 6.45) is 2.71. The van der Waals surface area contributed by atoms with Crippen molar-refractivity contribution in [1.82, 2.24) is 20.0 Å². The zero-order valence-corrected chi connectivity index (χ0v) is 17.3. The molecule has 0 radical (unpaired) electrons. The molecule has 0 unspecified atom stereocenters. The summed E-state index contributed by atoms with van der Waals surface area (Å²) in [7, 11) is 0. The number of amides is 2. The highest BCUT2D eigenvalue weighted by Gasteiger charge is 2.28. The SMILES string of the molecule is CCN1CCC[C@H]1CN(CCC(=O)N1CCNCC1)C(=O)c1ccc(C)cc1. The number of likely N-dealkylation sites (N-methyl/N-ethyl adjacent to an activating group) is 1. The quantitative estimate of drug-likeness (QED) is 0.776. The van der Waals surface area contributed by atoms with E-state index in [-0.39, 0.29) is 11.8 Å². The molecule has 2 saturated heterocycles. The standard InChI is InChI=1S/C22H34N4O2/c1-3-24-13-4-5-20(24)17-26(22(28)19-8-6-18(2)7-9-19)14-10-21(27)25-15-11-23-12-16-25/h6-9,20,23H,3-5,10-17H2,1-2H3/t20-/m0/s1. The van der Waals surface area contributed by atoms with Gasteiger partial charge in [-0.15, -0.1) is 0 Å². The first-order valence-corrected chi connectivity index (χ1v) is 10.7. The van der Waals surface area contributed by atoms with Crippen molar-refractivity contribution < 1.29 is 9.59 Å². The number of rotatable bonds is 7. The highest BCUT2D eigenvalue weighted by atomic mass is 16.2. The molecule has 2 amide bonds. The fourth-order valence-electron chi connectivity index (χ4n) is 4.23. The molecule has 1 aromatic carbocycles. The van der Waals surface area contributed by atoms with Crippen LogP contribution in [0, 0.1) is 6.92 Å². The molecule has 0 aliphatic carbocycles. The maximum absolute atomic E-state index is 13.2. The lowest BCUT2D eigenvalue weighted by Crippen LogP contribution is -2.48. The van der Waals surface area contributed by atoms with E-state index >= 15 is 0 Å². The van der Waals surface area contributed by atoms with Gasteiger partial charge in [-0.3, -0.25) is 14.5 Å². The molecule has 2 heterocycles. The number of likely N-dealkylation sites (tertiary alicyclic amines) is 1. The summed E-state index contributed by atoms with van der Waals surface area (Å²) >= 11 is 0. The van der Waals surface area contributed by atoms with Gasteiger partial charge in [-0.2, -0.15) is 0 Å². The molecule has 2 aliphatic heterocycles. The highest BCUT2D eigenvalue weighted by Crippen LogP contribution is 2.19. The van der Waals surface area contributed by atoms with Crippen molar-refractivity contribution in [2.75, 3.05) is 52.4 Å². The minimum atomic E-state index is 0.0380. The molecule has 0 spiro atoms. The van der Waals surface area contributed by atoms with Gasteiger partial charge in [0.2, 0.25) is 5.91 Å². The molecule has 0 aromatic heterocycles. The van der Waals surface area contributed by atoms with Gasteiger partial charge in [0.1, 0.15) is 0 Å². The molecule has 3 rings (SSSR count). The molecule has 6 nitrogen and oxygen atoms in total. The lowest BCUT2D eigenvalue weighted by Gasteiger charge is -2.32. The topological polar surface area (TPSA) is 55.9 Å². The van der Waals surface area contributed by atoms with Crippen LogP contribution >= 0.6 is 0 Å². The Morgan fingerprint density at radius 2 is 1.86 bits per heavy atom. The van der Waals surface area contributed by atoms with Gasteiger partial charge >= 0.3 is 0 Å². The summed E-state index contributed by atoms with van der Waals surface area (Å²) < 4.78 is 0. The van der Waals surface area contributed by atoms with Crippen LogP contribution in [0.2, 0.25) is 0 Å². The number of carbonyl (C=O) groups is 2. The van der Waals surface area contributed by atoms with Crippen LogP contribution < -0.4 is 5.32 Å². The molecule has 1 aromatic rings. The van der Waals surface area contributed by atoms with Crippen LogP contribution in [-0.2, 0) is 4.79 Å². The van der Waals surface area contributed by atoms with Crippen molar-refractivity contribution in [1.29, 1.82) is 0 Å². The normalized spacial score (nSPS) is 20.4. The number of hydrogen-bond donors (Lipinski definition) is 1. The van der Waals surface area contributed by atoms with E-state index in [2.05, 4.69) is 17.1 Å². The van der Waals surface area contributed by atoms with Crippen LogP contribution in [-0.4, -0.2) is 84.9 Å². The zero-order chi connectivity index (χ0) is 19.9. The monoisotopic (exact) mass is 386 g/mol. The molecule has 6 heteroatoms. The first-order chi connectivity index (χ1) is 13.6. The van der Waals surface area contributed by atoms with E-state index in [4.69, 9.17) is 0 Å². The van der Waals surface area contributed by atoms with Crippen molar-refractivity contribution in [2.45, 2.75) is 39.2 Å². The molecular formula is C22H34N4O2. The third-order valence-corrected chi connectivity index (χ3v) is 5.99. The largest absolute Gasteiger partial charge is 0.340 e. The van der Waals surface area contributed by atoms with Crippen LogP contribution in [0.5, 0.6) is 0 Å². The average molecular weight is 387 g/mol. The van der Waals surface area contributed by atoms with Gasteiger partial charge in [0.05, 0.1) is 0 Å². The summed E-state index contributed by atoms with van der Waals surface area (Å²) in [5, 5.41) is 3.27. The number of piperazine rings is 1. The second-order valence-corrected chi connectivity index (χ2v) is 7.92. The Labute approximate surface area is 168 Å². The molecule has 1 atom stereocenters. The predicted molar refractivity (Wildman–Crippen MR) is 111 cm³/mol. The van der Waals surface area contributed by atoms with E-state index in [1.165, 1.54) is 6.42 Å². The molecule has 2 aliphatic rings. The summed E-state index contributed by atoms with van der Waals surface area (Å²) in [6, 6.07) is 8.15. The molecule has 1 N–H and O–H groups in total. The maximum atomic E-state index is 13.2. The van der Waals surface area contributed by atoms with Gasteiger partial charge in [-0.25, -0.2) is 0 Å². The summed E-state index contributed by atoms with van der Waals surface area (Å²) in [6.45, 7) is 10.7. The molecule has 2 fully saturated rings. The first-order valence-electron chi connectivity index (χ1n) is 10.7. The van der Waals surface area contributed by atoms with E-state index in [0.717, 1.165) is 51.3 Å². The number of aryl methyl sites for hydroxylation is 1. The minimum absolute atomic E-state index is 0.0380. The summed E-state index contributed by atoms with van der Waals surface area (Å²) in [5.41, 5.74) is 1.85. The van der Waals surface area contributed by atoms with E-state index < -0.39 is 0 Å². The Kier molecular flexibility index (Phi) is 7.45. The van der Waals surface area contributed by atoms with Crippen LogP contribution in [0.15, 0.2) is 24.3 Å². The van der Waals surface area contributed by atoms with Gasteiger partial charge in [0, 0.05) is 57.3 Å². The van der Waals surface area contributed by atoms with Crippen LogP contribution in [0.4, 0.5) is 0 Å². The third-order valence-electron chi connectivity index (χ3n) is 5.99. The van der Waals surface area contributed by atoms with E-state index in [1.807, 2.05) is 41.0 Å². The fraction of sp³-hybridized carbons (Fsp3) is 0.636. The molecule has 0 bridgehead atoms. The van der Waals surface area contributed by atoms with Crippen molar-refractivity contribution >= 4 is 11.8 Å². The Morgan fingerprint density at radius 3 is 2.54 bits per heavy atom. The first kappa shape index (κ1) is 20.8. The zero-order valence-electron chi connectivity index (χ0n) is 17.3. The van der Waals surface area contributed by atoms with Crippen LogP contribution in [0.25, 0.3) is 0 Å². The lowest BCUT2D eigenvalue weighted by atomic mass is 10.1. The average Bonchev–Trinajstić information content (AvgIpc) is 3.18. The third kappa shape index (κ3) is 5.32. The van der Waals surface area contributed by atoms with E-state index in [1.54, 1.807) is 0 Å². The molecule has 28 heavy (non-hydrogen) atoms. The predicted octanol–water partition coefficient (Wildman–Crippen LogP) is 1.74. The second kappa shape index (κ2) is 10.0. The molecular weight excluding hydrogens is 352 g/mol. The number of nitrogens with one attached hydrogen (secondary N) is 1. The Bertz CT molecular complexity index is 655. The van der Waals surface area contributed by atoms with Gasteiger partial charge in [0.15, 0.2) is 0 Å².